The summed E-state index contributed by atoms with van der Waals surface area (Å²) in [5, 5.41) is 3.71. The molecule has 5 rings (SSSR count). The van der Waals surface area contributed by atoms with E-state index in [-0.39, 0.29) is 40.5 Å². The van der Waals surface area contributed by atoms with E-state index in [1.807, 2.05) is 30.3 Å². The minimum Gasteiger partial charge on any atom is -0.352 e. The van der Waals surface area contributed by atoms with Gasteiger partial charge in [-0.3, -0.25) is 13.9 Å². The van der Waals surface area contributed by atoms with Crippen molar-refractivity contribution in [1.29, 1.82) is 0 Å². The Morgan fingerprint density at radius 1 is 0.826 bits per heavy atom. The Hall–Kier alpha value is -3.92. The van der Waals surface area contributed by atoms with Crippen molar-refractivity contribution in [2.45, 2.75) is 55.6 Å². The van der Waals surface area contributed by atoms with Gasteiger partial charge in [0.15, 0.2) is 0 Å². The number of amides is 2. The van der Waals surface area contributed by atoms with Crippen LogP contribution in [0.5, 0.6) is 0 Å². The maximum Gasteiger partial charge on any atom is 0.264 e. The van der Waals surface area contributed by atoms with E-state index in [0.717, 1.165) is 41.6 Å². The largest absolute Gasteiger partial charge is 0.352 e. The van der Waals surface area contributed by atoms with Crippen LogP contribution in [-0.2, 0) is 32.6 Å². The van der Waals surface area contributed by atoms with Crippen molar-refractivity contribution in [3.63, 3.8) is 0 Å². The van der Waals surface area contributed by atoms with Gasteiger partial charge < -0.3 is 10.2 Å². The fraction of sp³-hybridized carbons (Fsp3) is 0.257. The highest BCUT2D eigenvalue weighted by atomic mass is 35.5. The van der Waals surface area contributed by atoms with Crippen LogP contribution in [0.1, 0.15) is 36.8 Å². The highest BCUT2D eigenvalue weighted by Crippen LogP contribution is 2.28. The van der Waals surface area contributed by atoms with Gasteiger partial charge in [0, 0.05) is 19.0 Å². The zero-order valence-electron chi connectivity index (χ0n) is 25.0. The van der Waals surface area contributed by atoms with Crippen LogP contribution in [0.4, 0.5) is 10.1 Å². The maximum absolute atomic E-state index is 15.2. The van der Waals surface area contributed by atoms with Crippen LogP contribution >= 0.6 is 23.2 Å². The summed E-state index contributed by atoms with van der Waals surface area (Å²) < 4.78 is 44.0. The number of nitrogens with one attached hydrogen (secondary N) is 1. The molecule has 11 heteroatoms. The van der Waals surface area contributed by atoms with Crippen LogP contribution < -0.4 is 9.62 Å². The molecule has 0 spiro atoms. The van der Waals surface area contributed by atoms with Crippen molar-refractivity contribution >= 4 is 50.7 Å². The SMILES string of the molecule is O=C(NC1CCCC1)[C@@H](Cc1ccccc1)N(Cc1ccc(Cl)c(Cl)c1)C(=O)CN(c1ccccc1F)S(=O)(=O)c1ccccc1. The number of hydrogen-bond donors (Lipinski definition) is 1. The number of benzene rings is 4. The molecule has 0 bridgehead atoms. The van der Waals surface area contributed by atoms with E-state index in [0.29, 0.717) is 10.6 Å². The Bertz CT molecular complexity index is 1770. The normalized spacial score (nSPS) is 14.1. The number of para-hydroxylation sites is 1. The summed E-state index contributed by atoms with van der Waals surface area (Å²) in [6, 6.07) is 26.0. The van der Waals surface area contributed by atoms with Crippen LogP contribution in [0.2, 0.25) is 10.0 Å². The van der Waals surface area contributed by atoms with Crippen molar-refractivity contribution in [2.75, 3.05) is 10.8 Å². The topological polar surface area (TPSA) is 86.8 Å². The van der Waals surface area contributed by atoms with Crippen LogP contribution in [-0.4, -0.2) is 43.8 Å². The first-order valence-corrected chi connectivity index (χ1v) is 17.2. The van der Waals surface area contributed by atoms with Crippen molar-refractivity contribution < 1.29 is 22.4 Å². The van der Waals surface area contributed by atoms with E-state index in [2.05, 4.69) is 5.32 Å². The molecular formula is C35H34Cl2FN3O4S. The lowest BCUT2D eigenvalue weighted by Gasteiger charge is -2.34. The van der Waals surface area contributed by atoms with Gasteiger partial charge in [0.05, 0.1) is 20.6 Å². The van der Waals surface area contributed by atoms with Gasteiger partial charge in [-0.2, -0.15) is 0 Å². The molecule has 1 atom stereocenters. The van der Waals surface area contributed by atoms with E-state index >= 15 is 4.39 Å². The predicted molar refractivity (Wildman–Crippen MR) is 179 cm³/mol. The molecule has 0 aliphatic heterocycles. The zero-order valence-corrected chi connectivity index (χ0v) is 27.3. The molecule has 2 amide bonds. The average Bonchev–Trinajstić information content (AvgIpc) is 3.57. The first kappa shape index (κ1) is 33.4. The number of anilines is 1. The zero-order chi connectivity index (χ0) is 32.7. The van der Waals surface area contributed by atoms with Gasteiger partial charge in [-0.1, -0.05) is 103 Å². The molecule has 240 valence electrons. The number of sulfonamides is 1. The Labute approximate surface area is 279 Å². The Balaban J connectivity index is 1.58. The molecule has 1 N–H and O–H groups in total. The highest BCUT2D eigenvalue weighted by molar-refractivity contribution is 7.92. The number of halogens is 3. The van der Waals surface area contributed by atoms with E-state index in [1.165, 1.54) is 35.2 Å². The van der Waals surface area contributed by atoms with Crippen LogP contribution in [0.3, 0.4) is 0 Å². The first-order chi connectivity index (χ1) is 22.1. The summed E-state index contributed by atoms with van der Waals surface area (Å²) in [4.78, 5) is 29.8. The van der Waals surface area contributed by atoms with Gasteiger partial charge in [-0.15, -0.1) is 0 Å². The molecular weight excluding hydrogens is 648 g/mol. The van der Waals surface area contributed by atoms with Crippen LogP contribution in [0.25, 0.3) is 0 Å². The molecule has 1 aliphatic carbocycles. The third-order valence-corrected chi connectivity index (χ3v) is 10.6. The molecule has 1 aliphatic rings. The summed E-state index contributed by atoms with van der Waals surface area (Å²) in [5.74, 6) is -1.87. The van der Waals surface area contributed by atoms with Gasteiger partial charge in [0.2, 0.25) is 11.8 Å². The number of carbonyl (C=O) groups excluding carboxylic acids is 2. The second-order valence-electron chi connectivity index (χ2n) is 11.2. The van der Waals surface area contributed by atoms with Crippen molar-refractivity contribution in [3.8, 4) is 0 Å². The fourth-order valence-electron chi connectivity index (χ4n) is 5.64. The fourth-order valence-corrected chi connectivity index (χ4v) is 7.41. The predicted octanol–water partition coefficient (Wildman–Crippen LogP) is 7.03. The van der Waals surface area contributed by atoms with Crippen molar-refractivity contribution in [2.24, 2.45) is 0 Å². The molecule has 4 aromatic rings. The molecule has 0 radical (unpaired) electrons. The van der Waals surface area contributed by atoms with E-state index in [4.69, 9.17) is 23.2 Å². The van der Waals surface area contributed by atoms with E-state index in [9.17, 15) is 18.0 Å². The minimum atomic E-state index is -4.41. The summed E-state index contributed by atoms with van der Waals surface area (Å²) in [6.45, 7) is -0.844. The second-order valence-corrected chi connectivity index (χ2v) is 13.9. The quantitative estimate of drug-likeness (QED) is 0.174. The molecule has 1 saturated carbocycles. The smallest absolute Gasteiger partial charge is 0.264 e. The molecule has 1 fully saturated rings. The number of nitrogens with zero attached hydrogens (tertiary/aromatic N) is 2. The van der Waals surface area contributed by atoms with Crippen molar-refractivity contribution in [3.05, 3.63) is 130 Å². The molecule has 0 aromatic heterocycles. The number of hydrogen-bond acceptors (Lipinski definition) is 4. The van der Waals surface area contributed by atoms with Crippen LogP contribution in [0.15, 0.2) is 108 Å². The third kappa shape index (κ3) is 8.07. The lowest BCUT2D eigenvalue weighted by atomic mass is 10.0. The minimum absolute atomic E-state index is 0.0268. The van der Waals surface area contributed by atoms with E-state index in [1.54, 1.807) is 36.4 Å². The Morgan fingerprint density at radius 3 is 2.11 bits per heavy atom. The Kier molecular flexibility index (Phi) is 11.0. The maximum atomic E-state index is 15.2. The standard InChI is InChI=1S/C35H34Cl2FN3O4S/c36-29-20-19-26(21-30(29)37)23-40(33(22-25-11-3-1-4-12-25)35(43)39-27-13-7-8-14-27)34(42)24-41(32-18-10-9-17-31(32)38)46(44,45)28-15-5-2-6-16-28/h1-6,9-12,15-21,27,33H,7-8,13-14,22-24H2,(H,39,43)/t33-/m1/s1. The number of rotatable bonds is 12. The molecule has 0 unspecified atom stereocenters. The summed E-state index contributed by atoms with van der Waals surface area (Å²) in [6.07, 6.45) is 3.82. The Morgan fingerprint density at radius 2 is 1.46 bits per heavy atom. The van der Waals surface area contributed by atoms with E-state index < -0.39 is 34.3 Å². The lowest BCUT2D eigenvalue weighted by Crippen LogP contribution is -2.54. The molecule has 0 saturated heterocycles. The summed E-state index contributed by atoms with van der Waals surface area (Å²) in [5.41, 5.74) is 1.10. The van der Waals surface area contributed by atoms with Gasteiger partial charge >= 0.3 is 0 Å². The third-order valence-electron chi connectivity index (χ3n) is 8.04. The first-order valence-electron chi connectivity index (χ1n) is 15.0. The van der Waals surface area contributed by atoms with Crippen LogP contribution in [0, 0.1) is 5.82 Å². The van der Waals surface area contributed by atoms with Gasteiger partial charge in [0.1, 0.15) is 18.4 Å². The monoisotopic (exact) mass is 681 g/mol. The number of carbonyl (C=O) groups is 2. The summed E-state index contributed by atoms with van der Waals surface area (Å²) in [7, 11) is -4.41. The lowest BCUT2D eigenvalue weighted by molar-refractivity contribution is -0.140. The van der Waals surface area contributed by atoms with Gasteiger partial charge in [-0.05, 0) is 60.4 Å². The van der Waals surface area contributed by atoms with Gasteiger partial charge in [0.25, 0.3) is 10.0 Å². The summed E-state index contributed by atoms with van der Waals surface area (Å²) >= 11 is 12.5. The molecule has 7 nitrogen and oxygen atoms in total. The van der Waals surface area contributed by atoms with Gasteiger partial charge in [-0.25, -0.2) is 12.8 Å². The average molecular weight is 683 g/mol. The second kappa shape index (κ2) is 15.1. The highest BCUT2D eigenvalue weighted by Gasteiger charge is 2.36. The molecule has 4 aromatic carbocycles. The molecule has 0 heterocycles. The van der Waals surface area contributed by atoms with Crippen molar-refractivity contribution in [1.82, 2.24) is 10.2 Å². The molecule has 46 heavy (non-hydrogen) atoms.